The van der Waals surface area contributed by atoms with Gasteiger partial charge < -0.3 is 14.2 Å². The van der Waals surface area contributed by atoms with Gasteiger partial charge in [0.15, 0.2) is 10.5 Å². The van der Waals surface area contributed by atoms with Crippen LogP contribution in [-0.4, -0.2) is 64.6 Å². The molecular formula is C15H19N5O8S2. The second-order valence-electron chi connectivity index (χ2n) is 5.49. The molecule has 0 aromatic carbocycles. The summed E-state index contributed by atoms with van der Waals surface area (Å²) in [6.07, 6.45) is 1.07. The summed E-state index contributed by atoms with van der Waals surface area (Å²) in [5.74, 6) is -0.223. The van der Waals surface area contributed by atoms with Crippen LogP contribution < -0.4 is 19.5 Å². The molecule has 1 unspecified atom stereocenters. The van der Waals surface area contributed by atoms with Crippen LogP contribution in [0.4, 0.5) is 10.7 Å². The van der Waals surface area contributed by atoms with Gasteiger partial charge in [-0.1, -0.05) is 0 Å². The summed E-state index contributed by atoms with van der Waals surface area (Å²) in [6, 6.07) is 2.35. The molecule has 13 nitrogen and oxygen atoms in total. The lowest BCUT2D eigenvalue weighted by Crippen LogP contribution is -2.36. The third-order valence-corrected chi connectivity index (χ3v) is 7.04. The Balaban J connectivity index is 2.33. The van der Waals surface area contributed by atoms with E-state index in [-0.39, 0.29) is 17.7 Å². The monoisotopic (exact) mass is 461 g/mol. The van der Waals surface area contributed by atoms with Gasteiger partial charge in [-0.15, -0.1) is 0 Å². The van der Waals surface area contributed by atoms with E-state index in [2.05, 4.69) is 20.3 Å². The van der Waals surface area contributed by atoms with Gasteiger partial charge in [0.1, 0.15) is 4.90 Å². The number of aromatic nitrogens is 3. The van der Waals surface area contributed by atoms with Gasteiger partial charge in [0.2, 0.25) is 27.5 Å². The second-order valence-corrected chi connectivity index (χ2v) is 9.28. The van der Waals surface area contributed by atoms with Crippen molar-refractivity contribution in [3.05, 3.63) is 24.4 Å². The maximum atomic E-state index is 12.6. The number of carbonyl (C=O) groups is 1. The maximum absolute atomic E-state index is 12.6. The lowest BCUT2D eigenvalue weighted by Gasteiger charge is -2.14. The number of nitrogens with one attached hydrogen (secondary N) is 2. The van der Waals surface area contributed by atoms with Crippen LogP contribution in [0.3, 0.4) is 0 Å². The highest BCUT2D eigenvalue weighted by Gasteiger charge is 2.33. The van der Waals surface area contributed by atoms with Crippen LogP contribution in [0.1, 0.15) is 6.92 Å². The van der Waals surface area contributed by atoms with E-state index in [1.807, 2.05) is 0 Å². The Hall–Kier alpha value is -3.04. The minimum absolute atomic E-state index is 0.0478. The number of nitrogens with zero attached hydrogens (tertiary/aromatic N) is 3. The van der Waals surface area contributed by atoms with E-state index < -0.39 is 41.2 Å². The summed E-state index contributed by atoms with van der Waals surface area (Å²) < 4.78 is 66.6. The van der Waals surface area contributed by atoms with E-state index >= 15 is 0 Å². The first-order valence-electron chi connectivity index (χ1n) is 8.07. The van der Waals surface area contributed by atoms with Crippen LogP contribution in [-0.2, 0) is 24.6 Å². The molecule has 0 spiro atoms. The molecule has 0 bridgehead atoms. The highest BCUT2D eigenvalue weighted by molar-refractivity contribution is 7.94. The molecular weight excluding hydrogens is 442 g/mol. The number of amides is 2. The number of rotatable bonds is 8. The molecule has 2 aromatic rings. The number of carbonyl (C=O) groups excluding carboxylic acids is 1. The fourth-order valence-corrected chi connectivity index (χ4v) is 4.84. The summed E-state index contributed by atoms with van der Waals surface area (Å²) in [6.45, 7) is 1.23. The minimum atomic E-state index is -4.69. The fraction of sp³-hybridized carbons (Fsp3) is 0.333. The predicted molar refractivity (Wildman–Crippen MR) is 102 cm³/mol. The number of hydrogen-bond acceptors (Lipinski definition) is 11. The Morgan fingerprint density at radius 1 is 1.07 bits per heavy atom. The maximum Gasteiger partial charge on any atom is 0.335 e. The van der Waals surface area contributed by atoms with Crippen molar-refractivity contribution in [3.8, 4) is 11.8 Å². The first-order valence-corrected chi connectivity index (χ1v) is 11.1. The van der Waals surface area contributed by atoms with Crippen molar-refractivity contribution in [1.82, 2.24) is 19.7 Å². The van der Waals surface area contributed by atoms with E-state index in [4.69, 9.17) is 14.2 Å². The van der Waals surface area contributed by atoms with E-state index in [0.29, 0.717) is 0 Å². The SMILES string of the molecule is COc1cc(OC)nc(NC(=O)NS(=O)(=O)c2ncccc2S(=O)(=O)C(C)OC)n1. The van der Waals surface area contributed by atoms with Crippen molar-refractivity contribution in [3.63, 3.8) is 0 Å². The molecule has 0 saturated heterocycles. The van der Waals surface area contributed by atoms with E-state index in [1.165, 1.54) is 33.3 Å². The summed E-state index contributed by atoms with van der Waals surface area (Å²) in [5, 5.41) is 1.23. The molecule has 2 rings (SSSR count). The van der Waals surface area contributed by atoms with Gasteiger partial charge in [0.05, 0.1) is 20.3 Å². The first kappa shape index (κ1) is 23.2. The smallest absolute Gasteiger partial charge is 0.335 e. The van der Waals surface area contributed by atoms with Gasteiger partial charge in [-0.2, -0.15) is 18.4 Å². The third-order valence-electron chi connectivity index (χ3n) is 3.62. The number of urea groups is 1. The molecule has 1 atom stereocenters. The molecule has 2 aromatic heterocycles. The average Bonchev–Trinajstić information content (AvgIpc) is 2.72. The van der Waals surface area contributed by atoms with Crippen LogP contribution in [0.15, 0.2) is 34.3 Å². The van der Waals surface area contributed by atoms with Crippen LogP contribution in [0, 0.1) is 0 Å². The van der Waals surface area contributed by atoms with Crippen molar-refractivity contribution in [2.75, 3.05) is 26.6 Å². The van der Waals surface area contributed by atoms with Crippen LogP contribution >= 0.6 is 0 Å². The van der Waals surface area contributed by atoms with Crippen molar-refractivity contribution in [2.45, 2.75) is 22.3 Å². The molecule has 0 aliphatic carbocycles. The molecule has 164 valence electrons. The highest BCUT2D eigenvalue weighted by atomic mass is 32.2. The molecule has 0 saturated carbocycles. The van der Waals surface area contributed by atoms with Gasteiger partial charge in [0.25, 0.3) is 10.0 Å². The lowest BCUT2D eigenvalue weighted by atomic mass is 10.5. The number of sulfone groups is 1. The largest absolute Gasteiger partial charge is 0.481 e. The molecule has 15 heteroatoms. The molecule has 2 amide bonds. The Morgan fingerprint density at radius 2 is 1.67 bits per heavy atom. The van der Waals surface area contributed by atoms with Gasteiger partial charge in [-0.25, -0.2) is 22.9 Å². The van der Waals surface area contributed by atoms with Crippen molar-refractivity contribution >= 4 is 31.8 Å². The summed E-state index contributed by atoms with van der Waals surface area (Å²) in [4.78, 5) is 22.8. The number of methoxy groups -OCH3 is 3. The highest BCUT2D eigenvalue weighted by Crippen LogP contribution is 2.23. The van der Waals surface area contributed by atoms with Gasteiger partial charge in [-0.05, 0) is 19.1 Å². The summed E-state index contributed by atoms with van der Waals surface area (Å²) in [5.41, 5.74) is -1.35. The Kier molecular flexibility index (Phi) is 7.12. The first-order chi connectivity index (χ1) is 14.0. The molecule has 0 radical (unpaired) electrons. The van der Waals surface area contributed by atoms with Crippen LogP contribution in [0.5, 0.6) is 11.8 Å². The van der Waals surface area contributed by atoms with Gasteiger partial charge >= 0.3 is 6.03 Å². The van der Waals surface area contributed by atoms with E-state index in [1.54, 1.807) is 4.72 Å². The number of pyridine rings is 1. The number of hydrogen-bond donors (Lipinski definition) is 2. The third kappa shape index (κ3) is 5.11. The molecule has 0 aliphatic rings. The van der Waals surface area contributed by atoms with Gasteiger partial charge in [-0.3, -0.25) is 5.32 Å². The Labute approximate surface area is 172 Å². The Morgan fingerprint density at radius 3 is 2.20 bits per heavy atom. The molecule has 30 heavy (non-hydrogen) atoms. The standard InChI is InChI=1S/C15H19N5O8S2/c1-9(26-2)29(22,23)10-6-5-7-16-13(10)30(24,25)20-15(21)19-14-17-11(27-3)8-12(18-14)28-4/h5-9H,1-4H3,(H2,17,18,19,20,21). The quantitative estimate of drug-likeness (QED) is 0.547. The number of ether oxygens (including phenoxy) is 3. The van der Waals surface area contributed by atoms with Crippen molar-refractivity contribution in [1.29, 1.82) is 0 Å². The van der Waals surface area contributed by atoms with E-state index in [9.17, 15) is 21.6 Å². The molecule has 0 aliphatic heterocycles. The summed E-state index contributed by atoms with van der Waals surface area (Å²) >= 11 is 0. The fourth-order valence-electron chi connectivity index (χ4n) is 2.07. The van der Waals surface area contributed by atoms with Crippen molar-refractivity contribution < 1.29 is 35.8 Å². The number of sulfonamides is 1. The zero-order valence-corrected chi connectivity index (χ0v) is 17.9. The summed E-state index contributed by atoms with van der Waals surface area (Å²) in [7, 11) is -5.11. The van der Waals surface area contributed by atoms with E-state index in [0.717, 1.165) is 19.4 Å². The normalized spacial score (nSPS) is 12.7. The predicted octanol–water partition coefficient (Wildman–Crippen LogP) is 0.165. The molecule has 0 fully saturated rings. The van der Waals surface area contributed by atoms with Crippen LogP contribution in [0.25, 0.3) is 0 Å². The zero-order valence-electron chi connectivity index (χ0n) is 16.3. The molecule has 2 N–H and O–H groups in total. The lowest BCUT2D eigenvalue weighted by molar-refractivity contribution is 0.178. The topological polar surface area (TPSA) is 176 Å². The minimum Gasteiger partial charge on any atom is -0.481 e. The van der Waals surface area contributed by atoms with Crippen LogP contribution in [0.2, 0.25) is 0 Å². The van der Waals surface area contributed by atoms with Gasteiger partial charge in [0, 0.05) is 13.3 Å². The number of anilines is 1. The average molecular weight is 461 g/mol. The van der Waals surface area contributed by atoms with Crippen molar-refractivity contribution in [2.24, 2.45) is 0 Å². The Bertz CT molecular complexity index is 1120. The molecule has 2 heterocycles. The second kappa shape index (κ2) is 9.19. The zero-order chi connectivity index (χ0) is 22.5.